The molecule has 0 rings (SSSR count). The molecular weight excluding hydrogens is 147 g/mol. The van der Waals surface area contributed by atoms with Crippen LogP contribution in [0.4, 0.5) is 0 Å². The van der Waals surface area contributed by atoms with Crippen molar-refractivity contribution in [1.29, 1.82) is 0 Å². The Morgan fingerprint density at radius 1 is 1.70 bits per heavy atom. The smallest absolute Gasteiger partial charge is 0.159 e. The SMILES string of the molecule is CCC/C(=C/CO)CP=O. The van der Waals surface area contributed by atoms with E-state index in [9.17, 15) is 4.57 Å². The average Bonchev–Trinajstić information content (AvgIpc) is 1.90. The molecule has 0 unspecified atom stereocenters. The second-order valence-electron chi connectivity index (χ2n) is 2.08. The Bertz CT molecular complexity index is 121. The number of hydrogen-bond donors (Lipinski definition) is 1. The molecule has 0 bridgehead atoms. The fourth-order valence-corrected chi connectivity index (χ4v) is 1.23. The van der Waals surface area contributed by atoms with Crippen LogP contribution in [-0.4, -0.2) is 17.9 Å². The predicted molar refractivity (Wildman–Crippen MR) is 42.6 cm³/mol. The summed E-state index contributed by atoms with van der Waals surface area (Å²) in [5.74, 6) is 0. The van der Waals surface area contributed by atoms with Crippen molar-refractivity contribution < 1.29 is 9.67 Å². The molecule has 0 aliphatic carbocycles. The number of rotatable bonds is 5. The van der Waals surface area contributed by atoms with E-state index in [-0.39, 0.29) is 15.1 Å². The number of aliphatic hydroxyl groups excluding tert-OH is 1. The molecule has 0 aromatic carbocycles. The quantitative estimate of drug-likeness (QED) is 0.493. The van der Waals surface area contributed by atoms with Crippen molar-refractivity contribution in [2.75, 3.05) is 12.8 Å². The Morgan fingerprint density at radius 2 is 2.40 bits per heavy atom. The minimum Gasteiger partial charge on any atom is -0.392 e. The highest BCUT2D eigenvalue weighted by Gasteiger charge is 1.93. The van der Waals surface area contributed by atoms with Crippen molar-refractivity contribution in [1.82, 2.24) is 0 Å². The Kier molecular flexibility index (Phi) is 6.78. The van der Waals surface area contributed by atoms with Gasteiger partial charge in [0.25, 0.3) is 0 Å². The molecule has 0 aliphatic heterocycles. The third-order valence-corrected chi connectivity index (χ3v) is 1.75. The third kappa shape index (κ3) is 4.66. The summed E-state index contributed by atoms with van der Waals surface area (Å²) < 4.78 is 10.1. The Morgan fingerprint density at radius 3 is 2.80 bits per heavy atom. The lowest BCUT2D eigenvalue weighted by Crippen LogP contribution is -1.86. The molecule has 0 aromatic rings. The van der Waals surface area contributed by atoms with Crippen LogP contribution in [0, 0.1) is 0 Å². The van der Waals surface area contributed by atoms with Crippen molar-refractivity contribution in [2.45, 2.75) is 19.8 Å². The molecule has 0 aromatic heterocycles. The molecule has 0 fully saturated rings. The summed E-state index contributed by atoms with van der Waals surface area (Å²) in [7, 11) is 0.144. The first-order valence-corrected chi connectivity index (χ1v) is 4.42. The first-order chi connectivity index (χ1) is 4.85. The van der Waals surface area contributed by atoms with Crippen molar-refractivity contribution in [2.24, 2.45) is 0 Å². The number of aliphatic hydroxyl groups is 1. The van der Waals surface area contributed by atoms with Crippen LogP contribution in [0.2, 0.25) is 0 Å². The molecule has 0 atom stereocenters. The van der Waals surface area contributed by atoms with Gasteiger partial charge < -0.3 is 5.11 Å². The van der Waals surface area contributed by atoms with Gasteiger partial charge >= 0.3 is 0 Å². The van der Waals surface area contributed by atoms with Gasteiger partial charge in [0.2, 0.25) is 0 Å². The number of hydrogen-bond acceptors (Lipinski definition) is 2. The lowest BCUT2D eigenvalue weighted by atomic mass is 10.2. The summed E-state index contributed by atoms with van der Waals surface area (Å²) in [6, 6.07) is 0. The molecule has 3 heteroatoms. The van der Waals surface area contributed by atoms with Gasteiger partial charge in [-0.1, -0.05) is 25.0 Å². The first kappa shape index (κ1) is 9.80. The van der Waals surface area contributed by atoms with E-state index in [0.29, 0.717) is 6.16 Å². The third-order valence-electron chi connectivity index (χ3n) is 1.22. The zero-order chi connectivity index (χ0) is 7.82. The topological polar surface area (TPSA) is 37.3 Å². The van der Waals surface area contributed by atoms with Crippen LogP contribution >= 0.6 is 8.46 Å². The zero-order valence-electron chi connectivity index (χ0n) is 6.21. The van der Waals surface area contributed by atoms with Gasteiger partial charge in [0.05, 0.1) is 6.61 Å². The summed E-state index contributed by atoms with van der Waals surface area (Å²) in [6.07, 6.45) is 4.28. The molecule has 2 nitrogen and oxygen atoms in total. The van der Waals surface area contributed by atoms with Crippen LogP contribution in [0.5, 0.6) is 0 Å². The Hall–Kier alpha value is -0.200. The van der Waals surface area contributed by atoms with Crippen LogP contribution < -0.4 is 0 Å². The summed E-state index contributed by atoms with van der Waals surface area (Å²) in [5, 5.41) is 8.51. The molecular formula is C7H13O2P. The predicted octanol–water partition coefficient (Wildman–Crippen LogP) is 2.00. The summed E-state index contributed by atoms with van der Waals surface area (Å²) in [6.45, 7) is 2.12. The molecule has 0 radical (unpaired) electrons. The molecule has 0 spiro atoms. The molecule has 0 aliphatic rings. The zero-order valence-corrected chi connectivity index (χ0v) is 7.10. The highest BCUT2D eigenvalue weighted by Crippen LogP contribution is 2.09. The average molecular weight is 160 g/mol. The molecule has 0 heterocycles. The van der Waals surface area contributed by atoms with Crippen LogP contribution in [0.15, 0.2) is 11.6 Å². The van der Waals surface area contributed by atoms with Crippen LogP contribution in [0.3, 0.4) is 0 Å². The van der Waals surface area contributed by atoms with Crippen molar-refractivity contribution in [3.05, 3.63) is 11.6 Å². The lowest BCUT2D eigenvalue weighted by Gasteiger charge is -1.97. The van der Waals surface area contributed by atoms with E-state index < -0.39 is 0 Å². The number of allylic oxidation sites excluding steroid dienone is 1. The van der Waals surface area contributed by atoms with Gasteiger partial charge in [-0.3, -0.25) is 4.57 Å². The van der Waals surface area contributed by atoms with E-state index in [1.54, 1.807) is 6.08 Å². The van der Waals surface area contributed by atoms with Gasteiger partial charge in [-0.2, -0.15) is 0 Å². The van der Waals surface area contributed by atoms with Gasteiger partial charge in [0.15, 0.2) is 8.46 Å². The second-order valence-corrected chi connectivity index (χ2v) is 2.66. The van der Waals surface area contributed by atoms with Gasteiger partial charge in [0, 0.05) is 6.16 Å². The van der Waals surface area contributed by atoms with E-state index in [1.807, 2.05) is 0 Å². The maximum absolute atomic E-state index is 10.1. The first-order valence-electron chi connectivity index (χ1n) is 3.43. The van der Waals surface area contributed by atoms with E-state index in [4.69, 9.17) is 5.11 Å². The van der Waals surface area contributed by atoms with Crippen molar-refractivity contribution >= 4 is 8.46 Å². The van der Waals surface area contributed by atoms with Gasteiger partial charge in [-0.05, 0) is 6.42 Å². The molecule has 10 heavy (non-hydrogen) atoms. The minimum atomic E-state index is 0.0604. The summed E-state index contributed by atoms with van der Waals surface area (Å²) in [4.78, 5) is 0. The van der Waals surface area contributed by atoms with Crippen molar-refractivity contribution in [3.8, 4) is 0 Å². The normalized spacial score (nSPS) is 12.4. The minimum absolute atomic E-state index is 0.0604. The summed E-state index contributed by atoms with van der Waals surface area (Å²) >= 11 is 0. The van der Waals surface area contributed by atoms with Crippen molar-refractivity contribution in [3.63, 3.8) is 0 Å². The maximum Gasteiger partial charge on any atom is 0.159 e. The highest BCUT2D eigenvalue weighted by atomic mass is 31.1. The molecule has 0 saturated heterocycles. The fourth-order valence-electron chi connectivity index (χ4n) is 0.779. The lowest BCUT2D eigenvalue weighted by molar-refractivity contribution is 0.341. The monoisotopic (exact) mass is 160 g/mol. The Balaban J connectivity index is 3.71. The largest absolute Gasteiger partial charge is 0.392 e. The highest BCUT2D eigenvalue weighted by molar-refractivity contribution is 7.24. The maximum atomic E-state index is 10.1. The van der Waals surface area contributed by atoms with Gasteiger partial charge in [-0.25, -0.2) is 0 Å². The van der Waals surface area contributed by atoms with Gasteiger partial charge in [0.1, 0.15) is 0 Å². The van der Waals surface area contributed by atoms with Crippen LogP contribution in [0.1, 0.15) is 19.8 Å². The van der Waals surface area contributed by atoms with E-state index in [1.165, 1.54) is 0 Å². The van der Waals surface area contributed by atoms with E-state index >= 15 is 0 Å². The Labute approximate surface area is 63.2 Å². The van der Waals surface area contributed by atoms with E-state index in [0.717, 1.165) is 18.4 Å². The molecule has 1 N–H and O–H groups in total. The molecule has 58 valence electrons. The molecule has 0 amide bonds. The van der Waals surface area contributed by atoms with Gasteiger partial charge in [-0.15, -0.1) is 0 Å². The second kappa shape index (κ2) is 6.91. The summed E-state index contributed by atoms with van der Waals surface area (Å²) in [5.41, 5.74) is 1.08. The van der Waals surface area contributed by atoms with Crippen LogP contribution in [-0.2, 0) is 4.57 Å². The fraction of sp³-hybridized carbons (Fsp3) is 0.714. The van der Waals surface area contributed by atoms with Crippen LogP contribution in [0.25, 0.3) is 0 Å². The standard InChI is InChI=1S/C7H13O2P/c1-2-3-7(4-5-8)6-10-9/h4,8H,2-3,5-6H2,1H3/b7-4-. The molecule has 0 saturated carbocycles. The van der Waals surface area contributed by atoms with E-state index in [2.05, 4.69) is 6.92 Å².